The van der Waals surface area contributed by atoms with Crippen LogP contribution in [0.1, 0.15) is 10.6 Å². The Bertz CT molecular complexity index is 919. The van der Waals surface area contributed by atoms with Gasteiger partial charge in [0, 0.05) is 17.3 Å². The molecule has 0 bridgehead atoms. The van der Waals surface area contributed by atoms with Gasteiger partial charge in [0.25, 0.3) is 5.91 Å². The Morgan fingerprint density at radius 1 is 1.00 bits per heavy atom. The number of carbonyl (C=O) groups excluding carboxylic acids is 1. The van der Waals surface area contributed by atoms with Crippen LogP contribution in [0.5, 0.6) is 11.5 Å². The Balaban J connectivity index is 1.54. The maximum Gasteiger partial charge on any atom is 0.291 e. The lowest BCUT2D eigenvalue weighted by Crippen LogP contribution is -2.10. The first kappa shape index (κ1) is 14.7. The number of furan rings is 1. The number of hydrogen-bond donors (Lipinski definition) is 1. The third kappa shape index (κ3) is 2.70. The normalized spacial score (nSPS) is 12.2. The van der Waals surface area contributed by atoms with Gasteiger partial charge in [-0.25, -0.2) is 0 Å². The molecule has 5 nitrogen and oxygen atoms in total. The second-order valence-corrected chi connectivity index (χ2v) is 5.57. The van der Waals surface area contributed by atoms with Crippen LogP contribution < -0.4 is 14.8 Å². The highest BCUT2D eigenvalue weighted by atomic mass is 35.5. The number of hydrogen-bond acceptors (Lipinski definition) is 4. The van der Waals surface area contributed by atoms with Gasteiger partial charge in [0.2, 0.25) is 6.79 Å². The van der Waals surface area contributed by atoms with Crippen LogP contribution >= 0.6 is 11.6 Å². The zero-order valence-corrected chi connectivity index (χ0v) is 13.2. The predicted molar refractivity (Wildman–Crippen MR) is 89.7 cm³/mol. The van der Waals surface area contributed by atoms with Gasteiger partial charge < -0.3 is 19.2 Å². The van der Waals surface area contributed by atoms with E-state index in [-0.39, 0.29) is 18.5 Å². The van der Waals surface area contributed by atoms with E-state index in [2.05, 4.69) is 5.32 Å². The number of rotatable bonds is 3. The zero-order chi connectivity index (χ0) is 16.5. The molecule has 1 N–H and O–H groups in total. The van der Waals surface area contributed by atoms with E-state index in [0.717, 1.165) is 5.56 Å². The lowest BCUT2D eigenvalue weighted by molar-refractivity contribution is 0.0997. The quantitative estimate of drug-likeness (QED) is 0.757. The predicted octanol–water partition coefficient (Wildman–Crippen LogP) is 4.58. The van der Waals surface area contributed by atoms with Crippen LogP contribution in [-0.2, 0) is 0 Å². The van der Waals surface area contributed by atoms with Crippen LogP contribution in [0.25, 0.3) is 11.3 Å². The van der Waals surface area contributed by atoms with E-state index in [1.165, 1.54) is 0 Å². The molecule has 2 aromatic carbocycles. The minimum absolute atomic E-state index is 0.187. The third-order valence-electron chi connectivity index (χ3n) is 3.60. The Labute approximate surface area is 142 Å². The zero-order valence-electron chi connectivity index (χ0n) is 12.4. The second-order valence-electron chi connectivity index (χ2n) is 5.17. The fraction of sp³-hybridized carbons (Fsp3) is 0.0556. The Kier molecular flexibility index (Phi) is 3.63. The van der Waals surface area contributed by atoms with Gasteiger partial charge in [-0.3, -0.25) is 4.79 Å². The minimum atomic E-state index is -0.354. The number of amides is 1. The van der Waals surface area contributed by atoms with E-state index in [1.807, 2.05) is 18.2 Å². The lowest BCUT2D eigenvalue weighted by Gasteiger charge is -2.04. The van der Waals surface area contributed by atoms with Crippen molar-refractivity contribution in [2.24, 2.45) is 0 Å². The van der Waals surface area contributed by atoms with Gasteiger partial charge in [0.1, 0.15) is 5.76 Å². The van der Waals surface area contributed by atoms with Crippen molar-refractivity contribution in [1.82, 2.24) is 0 Å². The summed E-state index contributed by atoms with van der Waals surface area (Å²) >= 11 is 6.15. The van der Waals surface area contributed by atoms with E-state index >= 15 is 0 Å². The Morgan fingerprint density at radius 3 is 2.71 bits per heavy atom. The SMILES string of the molecule is O=C(Nc1ccc2c(c1)OCO2)c1ccc(-c2ccccc2Cl)o1. The van der Waals surface area contributed by atoms with E-state index in [0.29, 0.717) is 28.0 Å². The van der Waals surface area contributed by atoms with Gasteiger partial charge in [-0.1, -0.05) is 23.7 Å². The number of benzene rings is 2. The molecule has 0 unspecified atom stereocenters. The van der Waals surface area contributed by atoms with Crippen LogP contribution in [0.2, 0.25) is 5.02 Å². The topological polar surface area (TPSA) is 60.7 Å². The van der Waals surface area contributed by atoms with Crippen molar-refractivity contribution >= 4 is 23.2 Å². The highest BCUT2D eigenvalue weighted by molar-refractivity contribution is 6.33. The largest absolute Gasteiger partial charge is 0.454 e. The average molecular weight is 342 g/mol. The molecule has 6 heteroatoms. The van der Waals surface area contributed by atoms with Crippen LogP contribution in [0.4, 0.5) is 5.69 Å². The lowest BCUT2D eigenvalue weighted by atomic mass is 10.2. The molecule has 0 saturated carbocycles. The molecule has 1 aromatic heterocycles. The van der Waals surface area contributed by atoms with Gasteiger partial charge in [0.15, 0.2) is 17.3 Å². The summed E-state index contributed by atoms with van der Waals surface area (Å²) in [5.41, 5.74) is 1.33. The summed E-state index contributed by atoms with van der Waals surface area (Å²) in [4.78, 5) is 12.3. The highest BCUT2D eigenvalue weighted by Crippen LogP contribution is 2.34. The van der Waals surface area contributed by atoms with Crippen molar-refractivity contribution < 1.29 is 18.7 Å². The summed E-state index contributed by atoms with van der Waals surface area (Å²) in [5.74, 6) is 1.64. The maximum absolute atomic E-state index is 12.3. The van der Waals surface area contributed by atoms with Crippen molar-refractivity contribution in [3.8, 4) is 22.8 Å². The van der Waals surface area contributed by atoms with E-state index in [1.54, 1.807) is 36.4 Å². The summed E-state index contributed by atoms with van der Waals surface area (Å²) < 4.78 is 16.2. The molecule has 0 fully saturated rings. The summed E-state index contributed by atoms with van der Waals surface area (Å²) in [6.07, 6.45) is 0. The molecule has 0 saturated heterocycles. The molecule has 1 aliphatic rings. The van der Waals surface area contributed by atoms with Crippen LogP contribution in [0.3, 0.4) is 0 Å². The molecule has 0 spiro atoms. The maximum atomic E-state index is 12.3. The molecule has 24 heavy (non-hydrogen) atoms. The van der Waals surface area contributed by atoms with Crippen LogP contribution in [0.15, 0.2) is 59.0 Å². The first-order chi connectivity index (χ1) is 11.7. The molecular formula is C18H12ClNO4. The number of ether oxygens (including phenoxy) is 2. The van der Waals surface area contributed by atoms with E-state index in [9.17, 15) is 4.79 Å². The van der Waals surface area contributed by atoms with Crippen molar-refractivity contribution in [2.45, 2.75) is 0 Å². The summed E-state index contributed by atoms with van der Waals surface area (Å²) in [6.45, 7) is 0.187. The Hall–Kier alpha value is -2.92. The van der Waals surface area contributed by atoms with Crippen molar-refractivity contribution in [2.75, 3.05) is 12.1 Å². The summed E-state index contributed by atoms with van der Waals surface area (Å²) in [6, 6.07) is 15.8. The molecule has 4 rings (SSSR count). The molecule has 3 aromatic rings. The third-order valence-corrected chi connectivity index (χ3v) is 3.93. The molecule has 0 aliphatic carbocycles. The van der Waals surface area contributed by atoms with Crippen LogP contribution in [-0.4, -0.2) is 12.7 Å². The van der Waals surface area contributed by atoms with Crippen molar-refractivity contribution in [3.63, 3.8) is 0 Å². The molecular weight excluding hydrogens is 330 g/mol. The number of anilines is 1. The number of carbonyl (C=O) groups is 1. The molecule has 0 atom stereocenters. The van der Waals surface area contributed by atoms with E-state index in [4.69, 9.17) is 25.5 Å². The van der Waals surface area contributed by atoms with Gasteiger partial charge >= 0.3 is 0 Å². The number of nitrogens with one attached hydrogen (secondary N) is 1. The Morgan fingerprint density at radius 2 is 1.83 bits per heavy atom. The van der Waals surface area contributed by atoms with E-state index < -0.39 is 0 Å². The summed E-state index contributed by atoms with van der Waals surface area (Å²) in [5, 5.41) is 3.33. The van der Waals surface area contributed by atoms with Gasteiger partial charge in [-0.2, -0.15) is 0 Å². The number of halogens is 1. The molecule has 120 valence electrons. The molecule has 0 radical (unpaired) electrons. The monoisotopic (exact) mass is 341 g/mol. The van der Waals surface area contributed by atoms with Crippen molar-refractivity contribution in [3.05, 3.63) is 65.4 Å². The first-order valence-electron chi connectivity index (χ1n) is 7.26. The standard InChI is InChI=1S/C18H12ClNO4/c19-13-4-2-1-3-12(13)14-7-8-16(24-14)18(21)20-11-5-6-15-17(9-11)23-10-22-15/h1-9H,10H2,(H,20,21). The number of fused-ring (bicyclic) bond motifs is 1. The fourth-order valence-corrected chi connectivity index (χ4v) is 2.66. The van der Waals surface area contributed by atoms with Crippen molar-refractivity contribution in [1.29, 1.82) is 0 Å². The van der Waals surface area contributed by atoms with Gasteiger partial charge in [-0.05, 0) is 36.4 Å². The molecule has 1 aliphatic heterocycles. The first-order valence-corrected chi connectivity index (χ1v) is 7.64. The fourth-order valence-electron chi connectivity index (χ4n) is 2.43. The van der Waals surface area contributed by atoms with Gasteiger partial charge in [-0.15, -0.1) is 0 Å². The molecule has 2 heterocycles. The van der Waals surface area contributed by atoms with Crippen LogP contribution in [0, 0.1) is 0 Å². The summed E-state index contributed by atoms with van der Waals surface area (Å²) in [7, 11) is 0. The molecule has 1 amide bonds. The smallest absolute Gasteiger partial charge is 0.291 e. The second kappa shape index (κ2) is 5.94. The highest BCUT2D eigenvalue weighted by Gasteiger charge is 2.17. The average Bonchev–Trinajstić information content (AvgIpc) is 3.24. The minimum Gasteiger partial charge on any atom is -0.454 e. The van der Waals surface area contributed by atoms with Gasteiger partial charge in [0.05, 0.1) is 5.02 Å².